The van der Waals surface area contributed by atoms with Crippen molar-refractivity contribution in [3.05, 3.63) is 58.6 Å². The summed E-state index contributed by atoms with van der Waals surface area (Å²) in [7, 11) is 1.53. The molecule has 0 saturated carbocycles. The van der Waals surface area contributed by atoms with Crippen LogP contribution in [0.15, 0.2) is 47.5 Å². The Morgan fingerprint density at radius 3 is 2.50 bits per heavy atom. The van der Waals surface area contributed by atoms with E-state index in [2.05, 4.69) is 4.98 Å². The first-order valence-corrected chi connectivity index (χ1v) is 6.56. The van der Waals surface area contributed by atoms with Gasteiger partial charge in [0.1, 0.15) is 11.3 Å². The third-order valence-corrected chi connectivity index (χ3v) is 3.63. The number of fused-ring (bicyclic) bond motifs is 1. The van der Waals surface area contributed by atoms with Crippen molar-refractivity contribution >= 4 is 16.8 Å². The van der Waals surface area contributed by atoms with Crippen molar-refractivity contribution < 1.29 is 9.90 Å². The first kappa shape index (κ1) is 13.8. The number of carbonyl (C=O) groups is 1. The fraction of sp³-hybridized carbons (Fsp3) is 0.0625. The molecule has 22 heavy (non-hydrogen) atoms. The van der Waals surface area contributed by atoms with Gasteiger partial charge < -0.3 is 15.4 Å². The van der Waals surface area contributed by atoms with Gasteiger partial charge in [0.2, 0.25) is 0 Å². The van der Waals surface area contributed by atoms with Gasteiger partial charge in [-0.1, -0.05) is 6.07 Å². The van der Waals surface area contributed by atoms with Crippen LogP contribution in [-0.2, 0) is 7.05 Å². The number of nitrogens with zero attached hydrogens (tertiary/aromatic N) is 2. The molecule has 2 heterocycles. The molecule has 0 aliphatic carbocycles. The fourth-order valence-corrected chi connectivity index (χ4v) is 2.47. The topological polar surface area (TPSA) is 98.2 Å². The smallest absolute Gasteiger partial charge is 0.267 e. The van der Waals surface area contributed by atoms with Gasteiger partial charge in [-0.2, -0.15) is 0 Å². The molecule has 0 fully saturated rings. The van der Waals surface area contributed by atoms with Crippen molar-refractivity contribution in [2.45, 2.75) is 0 Å². The Balaban J connectivity index is 2.35. The van der Waals surface area contributed by atoms with Crippen molar-refractivity contribution in [2.24, 2.45) is 12.8 Å². The summed E-state index contributed by atoms with van der Waals surface area (Å²) >= 11 is 0. The molecule has 0 saturated heterocycles. The summed E-state index contributed by atoms with van der Waals surface area (Å²) in [6, 6.07) is 8.92. The molecule has 6 heteroatoms. The Labute approximate surface area is 125 Å². The second kappa shape index (κ2) is 5.00. The predicted molar refractivity (Wildman–Crippen MR) is 82.6 cm³/mol. The van der Waals surface area contributed by atoms with Crippen LogP contribution < -0.4 is 11.3 Å². The van der Waals surface area contributed by atoms with E-state index in [-0.39, 0.29) is 5.75 Å². The van der Waals surface area contributed by atoms with Crippen molar-refractivity contribution in [3.8, 4) is 16.9 Å². The van der Waals surface area contributed by atoms with E-state index >= 15 is 0 Å². The van der Waals surface area contributed by atoms with E-state index in [0.717, 1.165) is 11.1 Å². The van der Waals surface area contributed by atoms with Crippen molar-refractivity contribution in [1.82, 2.24) is 9.55 Å². The second-order valence-corrected chi connectivity index (χ2v) is 4.92. The second-order valence-electron chi connectivity index (χ2n) is 4.92. The van der Waals surface area contributed by atoms with E-state index in [1.807, 2.05) is 12.1 Å². The molecule has 2 aromatic heterocycles. The molecule has 110 valence electrons. The van der Waals surface area contributed by atoms with Gasteiger partial charge in [0.05, 0.1) is 5.52 Å². The summed E-state index contributed by atoms with van der Waals surface area (Å²) in [5.74, 6) is -1.33. The average molecular weight is 295 g/mol. The molecule has 0 radical (unpaired) electrons. The number of aromatic nitrogens is 2. The molecule has 0 atom stereocenters. The maximum Gasteiger partial charge on any atom is 0.267 e. The Bertz CT molecular complexity index is 946. The zero-order valence-electron chi connectivity index (χ0n) is 11.8. The van der Waals surface area contributed by atoms with Crippen LogP contribution in [0.25, 0.3) is 22.0 Å². The van der Waals surface area contributed by atoms with Crippen molar-refractivity contribution in [2.75, 3.05) is 0 Å². The van der Waals surface area contributed by atoms with Gasteiger partial charge in [-0.05, 0) is 35.4 Å². The van der Waals surface area contributed by atoms with Crippen LogP contribution in [0.4, 0.5) is 0 Å². The van der Waals surface area contributed by atoms with E-state index in [9.17, 15) is 14.7 Å². The van der Waals surface area contributed by atoms with E-state index in [0.29, 0.717) is 10.9 Å². The summed E-state index contributed by atoms with van der Waals surface area (Å²) in [6.45, 7) is 0. The van der Waals surface area contributed by atoms with Crippen LogP contribution in [0.2, 0.25) is 0 Å². The summed E-state index contributed by atoms with van der Waals surface area (Å²) in [6.07, 6.45) is 3.35. The largest absolute Gasteiger partial charge is 0.506 e. The molecule has 0 bridgehead atoms. The first-order valence-electron chi connectivity index (χ1n) is 6.56. The highest BCUT2D eigenvalue weighted by molar-refractivity contribution is 6.02. The number of carbonyl (C=O) groups excluding carboxylic acids is 1. The lowest BCUT2D eigenvalue weighted by molar-refractivity contribution is 0.0996. The van der Waals surface area contributed by atoms with E-state index in [4.69, 9.17) is 5.73 Å². The molecule has 1 aromatic carbocycles. The Morgan fingerprint density at radius 1 is 1.18 bits per heavy atom. The normalized spacial score (nSPS) is 10.8. The van der Waals surface area contributed by atoms with Crippen LogP contribution >= 0.6 is 0 Å². The van der Waals surface area contributed by atoms with Gasteiger partial charge in [-0.25, -0.2) is 0 Å². The van der Waals surface area contributed by atoms with Gasteiger partial charge in [0.15, 0.2) is 0 Å². The lowest BCUT2D eigenvalue weighted by atomic mass is 10.0. The minimum atomic E-state index is -0.946. The number of hydrogen-bond donors (Lipinski definition) is 2. The number of primary amides is 1. The Hall–Kier alpha value is -3.15. The lowest BCUT2D eigenvalue weighted by Gasteiger charge is -2.11. The number of pyridine rings is 2. The standard InChI is InChI=1S/C16H13N3O3/c1-19-12-8-10(9-4-6-18-7-5-9)2-3-11(12)14(20)13(15(17)21)16(19)22/h2-8,20H,1H3,(H2,17,21). The molecule has 1 amide bonds. The summed E-state index contributed by atoms with van der Waals surface area (Å²) < 4.78 is 1.31. The van der Waals surface area contributed by atoms with Crippen LogP contribution in [-0.4, -0.2) is 20.6 Å². The maximum absolute atomic E-state index is 12.2. The maximum atomic E-state index is 12.2. The zero-order valence-corrected chi connectivity index (χ0v) is 11.8. The monoisotopic (exact) mass is 295 g/mol. The average Bonchev–Trinajstić information content (AvgIpc) is 2.53. The minimum absolute atomic E-state index is 0.383. The zero-order chi connectivity index (χ0) is 15.9. The number of hydrogen-bond acceptors (Lipinski definition) is 4. The van der Waals surface area contributed by atoms with Crippen LogP contribution in [0.3, 0.4) is 0 Å². The Morgan fingerprint density at radius 2 is 1.86 bits per heavy atom. The van der Waals surface area contributed by atoms with E-state index in [1.165, 1.54) is 11.6 Å². The first-order chi connectivity index (χ1) is 10.5. The highest BCUT2D eigenvalue weighted by Crippen LogP contribution is 2.29. The summed E-state index contributed by atoms with van der Waals surface area (Å²) in [4.78, 5) is 27.5. The summed E-state index contributed by atoms with van der Waals surface area (Å²) in [5.41, 5.74) is 6.48. The number of benzene rings is 1. The number of nitrogens with two attached hydrogens (primary N) is 1. The minimum Gasteiger partial charge on any atom is -0.506 e. The highest BCUT2D eigenvalue weighted by atomic mass is 16.3. The third-order valence-electron chi connectivity index (χ3n) is 3.63. The van der Waals surface area contributed by atoms with Gasteiger partial charge in [-0.15, -0.1) is 0 Å². The number of aryl methyl sites for hydroxylation is 1. The molecule has 6 nitrogen and oxygen atoms in total. The fourth-order valence-electron chi connectivity index (χ4n) is 2.47. The lowest BCUT2D eigenvalue weighted by Crippen LogP contribution is -2.28. The van der Waals surface area contributed by atoms with E-state index in [1.54, 1.807) is 30.6 Å². The van der Waals surface area contributed by atoms with Gasteiger partial charge in [0.25, 0.3) is 11.5 Å². The molecular formula is C16H13N3O3. The van der Waals surface area contributed by atoms with Gasteiger partial charge in [0, 0.05) is 24.8 Å². The molecule has 0 aliphatic rings. The van der Waals surface area contributed by atoms with Crippen LogP contribution in [0, 0.1) is 0 Å². The highest BCUT2D eigenvalue weighted by Gasteiger charge is 2.19. The predicted octanol–water partition coefficient (Wildman–Crippen LogP) is 1.40. The number of aromatic hydroxyl groups is 1. The van der Waals surface area contributed by atoms with Gasteiger partial charge in [-0.3, -0.25) is 14.6 Å². The van der Waals surface area contributed by atoms with Crippen LogP contribution in [0.1, 0.15) is 10.4 Å². The molecule has 3 N–H and O–H groups in total. The van der Waals surface area contributed by atoms with Crippen LogP contribution in [0.5, 0.6) is 5.75 Å². The third kappa shape index (κ3) is 2.01. The number of amides is 1. The van der Waals surface area contributed by atoms with Crippen molar-refractivity contribution in [3.63, 3.8) is 0 Å². The molecule has 3 aromatic rings. The molecule has 3 rings (SSSR count). The molecule has 0 aliphatic heterocycles. The van der Waals surface area contributed by atoms with Crippen molar-refractivity contribution in [1.29, 1.82) is 0 Å². The van der Waals surface area contributed by atoms with E-state index < -0.39 is 17.0 Å². The number of rotatable bonds is 2. The quantitative estimate of drug-likeness (QED) is 0.746. The van der Waals surface area contributed by atoms with Gasteiger partial charge >= 0.3 is 0 Å². The Kier molecular flexibility index (Phi) is 3.14. The molecular weight excluding hydrogens is 282 g/mol. The molecule has 0 unspecified atom stereocenters. The summed E-state index contributed by atoms with van der Waals surface area (Å²) in [5, 5.41) is 10.6. The molecule has 0 spiro atoms. The SMILES string of the molecule is Cn1c(=O)c(C(N)=O)c(O)c2ccc(-c3ccncc3)cc21.